The van der Waals surface area contributed by atoms with Gasteiger partial charge in [-0.2, -0.15) is 0 Å². The van der Waals surface area contributed by atoms with Gasteiger partial charge in [0.15, 0.2) is 5.43 Å². The number of halogens is 1. The van der Waals surface area contributed by atoms with Crippen molar-refractivity contribution in [1.29, 1.82) is 0 Å². The molecule has 1 aliphatic rings. The molecule has 1 amide bonds. The van der Waals surface area contributed by atoms with Gasteiger partial charge in [0, 0.05) is 17.6 Å². The fourth-order valence-corrected chi connectivity index (χ4v) is 3.47. The van der Waals surface area contributed by atoms with E-state index in [1.54, 1.807) is 18.3 Å². The van der Waals surface area contributed by atoms with Crippen LogP contribution in [0.4, 0.5) is 4.39 Å². The number of amides is 1. The largest absolute Gasteiger partial charge is 0.393 e. The topological polar surface area (TPSA) is 95.1 Å². The van der Waals surface area contributed by atoms with Gasteiger partial charge in [0.1, 0.15) is 11.5 Å². The number of nitrogens with zero attached hydrogens (tertiary/aromatic N) is 1. The van der Waals surface area contributed by atoms with Crippen LogP contribution in [-0.2, 0) is 0 Å². The molecular formula is C20H18FN3O3. The number of hydrogen-bond acceptors (Lipinski definition) is 4. The van der Waals surface area contributed by atoms with Crippen LogP contribution in [0.15, 0.2) is 53.5 Å². The Kier molecular flexibility index (Phi) is 4.45. The number of rotatable bonds is 4. The average Bonchev–Trinajstić information content (AvgIpc) is 2.65. The van der Waals surface area contributed by atoms with Crippen molar-refractivity contribution >= 4 is 16.8 Å². The van der Waals surface area contributed by atoms with Gasteiger partial charge < -0.3 is 15.4 Å². The number of hydrogen-bond donors (Lipinski definition) is 3. The molecule has 1 saturated carbocycles. The number of carbonyl (C=O) groups excluding carboxylic acids is 1. The fourth-order valence-electron chi connectivity index (χ4n) is 3.47. The van der Waals surface area contributed by atoms with Crippen LogP contribution in [0.2, 0.25) is 0 Å². The zero-order valence-corrected chi connectivity index (χ0v) is 14.4. The Balaban J connectivity index is 1.66. The molecule has 0 aliphatic heterocycles. The van der Waals surface area contributed by atoms with E-state index in [-0.39, 0.29) is 28.6 Å². The van der Waals surface area contributed by atoms with E-state index in [0.29, 0.717) is 18.5 Å². The Morgan fingerprint density at radius 3 is 2.78 bits per heavy atom. The number of H-pyrrole nitrogens is 1. The number of pyridine rings is 2. The van der Waals surface area contributed by atoms with E-state index in [4.69, 9.17) is 0 Å². The number of aliphatic hydroxyl groups is 1. The Morgan fingerprint density at radius 2 is 2.07 bits per heavy atom. The molecule has 2 aromatic heterocycles. The summed E-state index contributed by atoms with van der Waals surface area (Å²) in [5.74, 6) is -1.07. The Labute approximate surface area is 154 Å². The third kappa shape index (κ3) is 3.33. The lowest BCUT2D eigenvalue weighted by Gasteiger charge is -2.37. The first kappa shape index (κ1) is 17.4. The second kappa shape index (κ2) is 6.92. The number of aromatic amines is 1. The first-order valence-corrected chi connectivity index (χ1v) is 8.74. The summed E-state index contributed by atoms with van der Waals surface area (Å²) < 4.78 is 14.0. The molecule has 0 bridgehead atoms. The number of para-hydroxylation sites is 1. The Hall–Kier alpha value is -3.06. The number of carbonyl (C=O) groups is 1. The number of aliphatic hydroxyl groups excluding tert-OH is 1. The third-order valence-electron chi connectivity index (χ3n) is 4.97. The number of fused-ring (bicyclic) bond motifs is 1. The van der Waals surface area contributed by atoms with E-state index in [2.05, 4.69) is 15.3 Å². The van der Waals surface area contributed by atoms with E-state index in [1.807, 2.05) is 6.07 Å². The minimum absolute atomic E-state index is 0.00334. The van der Waals surface area contributed by atoms with Gasteiger partial charge in [-0.3, -0.25) is 14.6 Å². The second-order valence-corrected chi connectivity index (χ2v) is 6.80. The van der Waals surface area contributed by atoms with E-state index in [1.165, 1.54) is 24.3 Å². The molecule has 2 heterocycles. The number of benzene rings is 1. The number of aromatic nitrogens is 2. The standard InChI is InChI=1S/C20H18FN3O3/c21-14-5-3-4-13-17(26)10-16(23-19(13)14)20(27)24-18(11-8-12(25)9-11)15-6-1-2-7-22-15/h1-7,10-12,18,25H,8-9H2,(H,23,26)(H,24,27). The van der Waals surface area contributed by atoms with Crippen LogP contribution in [0.1, 0.15) is 35.1 Å². The Morgan fingerprint density at radius 1 is 1.26 bits per heavy atom. The van der Waals surface area contributed by atoms with Crippen LogP contribution < -0.4 is 10.7 Å². The van der Waals surface area contributed by atoms with E-state index in [9.17, 15) is 19.1 Å². The fraction of sp³-hybridized carbons (Fsp3) is 0.250. The van der Waals surface area contributed by atoms with Crippen molar-refractivity contribution in [2.24, 2.45) is 5.92 Å². The lowest BCUT2D eigenvalue weighted by Crippen LogP contribution is -2.42. The van der Waals surface area contributed by atoms with Gasteiger partial charge in [-0.25, -0.2) is 4.39 Å². The van der Waals surface area contributed by atoms with Crippen molar-refractivity contribution in [1.82, 2.24) is 15.3 Å². The quantitative estimate of drug-likeness (QED) is 0.659. The number of nitrogens with one attached hydrogen (secondary N) is 2. The highest BCUT2D eigenvalue weighted by atomic mass is 19.1. The summed E-state index contributed by atoms with van der Waals surface area (Å²) in [5, 5.41) is 12.7. The van der Waals surface area contributed by atoms with Gasteiger partial charge in [0.05, 0.1) is 23.4 Å². The third-order valence-corrected chi connectivity index (χ3v) is 4.97. The molecule has 0 saturated heterocycles. The molecule has 1 unspecified atom stereocenters. The normalized spacial score (nSPS) is 20.1. The van der Waals surface area contributed by atoms with Crippen molar-refractivity contribution in [3.8, 4) is 0 Å². The monoisotopic (exact) mass is 367 g/mol. The van der Waals surface area contributed by atoms with Gasteiger partial charge in [0.25, 0.3) is 5.91 Å². The van der Waals surface area contributed by atoms with E-state index < -0.39 is 23.2 Å². The predicted molar refractivity (Wildman–Crippen MR) is 97.7 cm³/mol. The maximum absolute atomic E-state index is 14.0. The first-order valence-electron chi connectivity index (χ1n) is 8.74. The summed E-state index contributed by atoms with van der Waals surface area (Å²) in [6.45, 7) is 0. The first-order chi connectivity index (χ1) is 13.0. The highest BCUT2D eigenvalue weighted by molar-refractivity contribution is 5.95. The van der Waals surface area contributed by atoms with Crippen LogP contribution in [0.25, 0.3) is 10.9 Å². The SMILES string of the molecule is O=C(NC(c1ccccn1)C1CC(O)C1)c1cc(=O)c2cccc(F)c2[nH]1. The average molecular weight is 367 g/mol. The van der Waals surface area contributed by atoms with Crippen LogP contribution in [0.3, 0.4) is 0 Å². The molecule has 0 spiro atoms. The van der Waals surface area contributed by atoms with Crippen molar-refractivity contribution < 1.29 is 14.3 Å². The smallest absolute Gasteiger partial charge is 0.268 e. The summed E-state index contributed by atoms with van der Waals surface area (Å²) in [4.78, 5) is 32.0. The van der Waals surface area contributed by atoms with Gasteiger partial charge in [-0.1, -0.05) is 12.1 Å². The summed E-state index contributed by atoms with van der Waals surface area (Å²) in [6.07, 6.45) is 2.37. The molecule has 7 heteroatoms. The zero-order chi connectivity index (χ0) is 19.0. The maximum atomic E-state index is 14.0. The lowest BCUT2D eigenvalue weighted by atomic mass is 9.76. The van der Waals surface area contributed by atoms with Gasteiger partial charge in [-0.15, -0.1) is 0 Å². The summed E-state index contributed by atoms with van der Waals surface area (Å²) in [6, 6.07) is 10.4. The van der Waals surface area contributed by atoms with Crippen LogP contribution in [0.5, 0.6) is 0 Å². The van der Waals surface area contributed by atoms with E-state index >= 15 is 0 Å². The van der Waals surface area contributed by atoms with Crippen molar-refractivity contribution in [2.45, 2.75) is 25.0 Å². The highest BCUT2D eigenvalue weighted by Crippen LogP contribution is 2.37. The lowest BCUT2D eigenvalue weighted by molar-refractivity contribution is 0.0228. The van der Waals surface area contributed by atoms with E-state index in [0.717, 1.165) is 0 Å². The van der Waals surface area contributed by atoms with Gasteiger partial charge in [-0.05, 0) is 43.0 Å². The summed E-state index contributed by atoms with van der Waals surface area (Å²) in [5.41, 5.74) is 0.237. The van der Waals surface area contributed by atoms with Crippen molar-refractivity contribution in [2.75, 3.05) is 0 Å². The molecule has 6 nitrogen and oxygen atoms in total. The molecule has 1 aromatic carbocycles. The molecule has 4 rings (SSSR count). The van der Waals surface area contributed by atoms with Crippen molar-refractivity contribution in [3.63, 3.8) is 0 Å². The Bertz CT molecular complexity index is 1050. The molecule has 0 radical (unpaired) electrons. The van der Waals surface area contributed by atoms with Crippen LogP contribution in [0, 0.1) is 11.7 Å². The molecule has 1 atom stereocenters. The molecule has 3 N–H and O–H groups in total. The van der Waals surface area contributed by atoms with Crippen LogP contribution >= 0.6 is 0 Å². The molecular weight excluding hydrogens is 349 g/mol. The molecule has 3 aromatic rings. The molecule has 138 valence electrons. The molecule has 27 heavy (non-hydrogen) atoms. The predicted octanol–water partition coefficient (Wildman–Crippen LogP) is 2.30. The van der Waals surface area contributed by atoms with Gasteiger partial charge in [0.2, 0.25) is 0 Å². The zero-order valence-electron chi connectivity index (χ0n) is 14.4. The second-order valence-electron chi connectivity index (χ2n) is 6.80. The summed E-state index contributed by atoms with van der Waals surface area (Å²) >= 11 is 0. The molecule has 1 aliphatic carbocycles. The van der Waals surface area contributed by atoms with Crippen molar-refractivity contribution in [3.05, 3.63) is 76.1 Å². The highest BCUT2D eigenvalue weighted by Gasteiger charge is 2.36. The minimum Gasteiger partial charge on any atom is -0.393 e. The van der Waals surface area contributed by atoms with Crippen LogP contribution in [-0.4, -0.2) is 27.1 Å². The maximum Gasteiger partial charge on any atom is 0.268 e. The summed E-state index contributed by atoms with van der Waals surface area (Å²) in [7, 11) is 0. The molecule has 1 fully saturated rings. The van der Waals surface area contributed by atoms with Gasteiger partial charge >= 0.3 is 0 Å². The minimum atomic E-state index is -0.595.